The van der Waals surface area contributed by atoms with Crippen LogP contribution < -0.4 is 15.4 Å². The summed E-state index contributed by atoms with van der Waals surface area (Å²) in [5.41, 5.74) is 3.10. The normalized spacial score (nSPS) is 13.3. The monoisotopic (exact) mass is 310 g/mol. The summed E-state index contributed by atoms with van der Waals surface area (Å²) in [4.78, 5) is 24.1. The topological polar surface area (TPSA) is 67.4 Å². The number of hydrogen-bond acceptors (Lipinski definition) is 3. The molecule has 3 rings (SSSR count). The van der Waals surface area contributed by atoms with E-state index in [-0.39, 0.29) is 11.8 Å². The summed E-state index contributed by atoms with van der Waals surface area (Å²) in [6, 6.07) is 12.9. The minimum Gasteiger partial charge on any atom is -0.491 e. The first kappa shape index (κ1) is 15.1. The van der Waals surface area contributed by atoms with Crippen LogP contribution in [0.15, 0.2) is 42.5 Å². The zero-order valence-corrected chi connectivity index (χ0v) is 12.9. The van der Waals surface area contributed by atoms with E-state index in [0.717, 1.165) is 11.1 Å². The molecule has 1 aliphatic heterocycles. The number of rotatable bonds is 3. The molecule has 0 atom stereocenters. The Morgan fingerprint density at radius 2 is 2.13 bits per heavy atom. The first-order chi connectivity index (χ1) is 11.1. The van der Waals surface area contributed by atoms with Gasteiger partial charge in [0.15, 0.2) is 0 Å². The molecule has 2 aromatic rings. The summed E-state index contributed by atoms with van der Waals surface area (Å²) in [7, 11) is 0. The fourth-order valence-electron chi connectivity index (χ4n) is 2.54. The Morgan fingerprint density at radius 1 is 1.26 bits per heavy atom. The van der Waals surface area contributed by atoms with Crippen molar-refractivity contribution in [2.24, 2.45) is 0 Å². The van der Waals surface area contributed by atoms with Gasteiger partial charge in [0.2, 0.25) is 5.91 Å². The zero-order chi connectivity index (χ0) is 16.2. The van der Waals surface area contributed by atoms with Crippen molar-refractivity contribution in [3.8, 4) is 5.75 Å². The Bertz CT molecular complexity index is 756. The number of nitrogens with one attached hydrogen (secondary N) is 2. The molecule has 0 saturated heterocycles. The maximum atomic E-state index is 12.2. The van der Waals surface area contributed by atoms with E-state index in [2.05, 4.69) is 10.6 Å². The Labute approximate surface area is 134 Å². The van der Waals surface area contributed by atoms with Gasteiger partial charge in [-0.25, -0.2) is 0 Å². The van der Waals surface area contributed by atoms with E-state index in [1.165, 1.54) is 0 Å². The van der Waals surface area contributed by atoms with Crippen LogP contribution in [0.25, 0.3) is 0 Å². The smallest absolute Gasteiger partial charge is 0.255 e. The van der Waals surface area contributed by atoms with E-state index in [1.807, 2.05) is 31.2 Å². The summed E-state index contributed by atoms with van der Waals surface area (Å²) in [5.74, 6) is 0.231. The predicted octanol–water partition coefficient (Wildman–Crippen LogP) is 2.30. The third-order valence-electron chi connectivity index (χ3n) is 3.60. The fourth-order valence-corrected chi connectivity index (χ4v) is 2.54. The molecule has 0 spiro atoms. The van der Waals surface area contributed by atoms with E-state index < -0.39 is 0 Å². The molecule has 5 nitrogen and oxygen atoms in total. The summed E-state index contributed by atoms with van der Waals surface area (Å²) in [5, 5.41) is 5.58. The van der Waals surface area contributed by atoms with Gasteiger partial charge in [0, 0.05) is 5.69 Å². The summed E-state index contributed by atoms with van der Waals surface area (Å²) < 4.78 is 5.49. The van der Waals surface area contributed by atoms with Crippen molar-refractivity contribution >= 4 is 17.5 Å². The first-order valence-electron chi connectivity index (χ1n) is 7.52. The number of aryl methyl sites for hydroxylation is 1. The molecule has 0 aliphatic carbocycles. The number of ether oxygens (including phenoxy) is 1. The van der Waals surface area contributed by atoms with Gasteiger partial charge in [-0.1, -0.05) is 29.8 Å². The molecule has 2 amide bonds. The quantitative estimate of drug-likeness (QED) is 0.914. The zero-order valence-electron chi connectivity index (χ0n) is 12.9. The molecule has 0 bridgehead atoms. The lowest BCUT2D eigenvalue weighted by atomic mass is 10.1. The molecule has 5 heteroatoms. The standard InChI is InChI=1S/C18H18N2O3/c1-12-3-2-4-13(9-12)10-17(21)20-14-5-6-16-15(11-14)18(22)19-7-8-23-16/h2-6,9,11H,7-8,10H2,1H3,(H,19,22)(H,20,21). The van der Waals surface area contributed by atoms with Gasteiger partial charge in [-0.3, -0.25) is 9.59 Å². The van der Waals surface area contributed by atoms with Crippen LogP contribution in [0.1, 0.15) is 21.5 Å². The molecule has 0 aromatic heterocycles. The molecule has 0 fully saturated rings. The van der Waals surface area contributed by atoms with Crippen LogP contribution >= 0.6 is 0 Å². The highest BCUT2D eigenvalue weighted by molar-refractivity contribution is 6.00. The minimum absolute atomic E-state index is 0.120. The molecule has 2 N–H and O–H groups in total. The van der Waals surface area contributed by atoms with Crippen molar-refractivity contribution in [2.75, 3.05) is 18.5 Å². The van der Waals surface area contributed by atoms with Gasteiger partial charge >= 0.3 is 0 Å². The first-order valence-corrected chi connectivity index (χ1v) is 7.52. The summed E-state index contributed by atoms with van der Waals surface area (Å²) in [6.45, 7) is 2.91. The van der Waals surface area contributed by atoms with E-state index in [4.69, 9.17) is 4.74 Å². The molecule has 1 heterocycles. The van der Waals surface area contributed by atoms with Crippen molar-refractivity contribution in [2.45, 2.75) is 13.3 Å². The second kappa shape index (κ2) is 6.52. The Hall–Kier alpha value is -2.82. The molecular formula is C18H18N2O3. The molecule has 2 aromatic carbocycles. The SMILES string of the molecule is Cc1cccc(CC(=O)Nc2ccc3c(c2)C(=O)NCCO3)c1. The number of fused-ring (bicyclic) bond motifs is 1. The Balaban J connectivity index is 1.73. The number of carbonyl (C=O) groups is 2. The molecule has 1 aliphatic rings. The van der Waals surface area contributed by atoms with Gasteiger partial charge < -0.3 is 15.4 Å². The van der Waals surface area contributed by atoms with E-state index >= 15 is 0 Å². The van der Waals surface area contributed by atoms with Gasteiger partial charge in [0.25, 0.3) is 5.91 Å². The number of hydrogen-bond donors (Lipinski definition) is 2. The lowest BCUT2D eigenvalue weighted by Gasteiger charge is -2.10. The van der Waals surface area contributed by atoms with Crippen LogP contribution in [0.5, 0.6) is 5.75 Å². The number of carbonyl (C=O) groups excluding carboxylic acids is 2. The Morgan fingerprint density at radius 3 is 2.96 bits per heavy atom. The minimum atomic E-state index is -0.188. The van der Waals surface area contributed by atoms with Crippen molar-refractivity contribution < 1.29 is 14.3 Å². The van der Waals surface area contributed by atoms with Gasteiger partial charge in [0.1, 0.15) is 12.4 Å². The second-order valence-electron chi connectivity index (χ2n) is 5.53. The van der Waals surface area contributed by atoms with E-state index in [0.29, 0.717) is 36.6 Å². The molecule has 0 unspecified atom stereocenters. The number of amides is 2. The molecule has 0 saturated carbocycles. The Kier molecular flexibility index (Phi) is 4.28. The number of anilines is 1. The highest BCUT2D eigenvalue weighted by Gasteiger charge is 2.17. The second-order valence-corrected chi connectivity index (χ2v) is 5.53. The van der Waals surface area contributed by atoms with Gasteiger partial charge in [0.05, 0.1) is 18.5 Å². The summed E-state index contributed by atoms with van der Waals surface area (Å²) in [6.07, 6.45) is 0.293. The highest BCUT2D eigenvalue weighted by Crippen LogP contribution is 2.24. The largest absolute Gasteiger partial charge is 0.491 e. The van der Waals surface area contributed by atoms with Crippen LogP contribution in [0, 0.1) is 6.92 Å². The number of benzene rings is 2. The van der Waals surface area contributed by atoms with Crippen LogP contribution in [0.4, 0.5) is 5.69 Å². The third-order valence-corrected chi connectivity index (χ3v) is 3.60. The third kappa shape index (κ3) is 3.69. The summed E-state index contributed by atoms with van der Waals surface area (Å²) >= 11 is 0. The maximum Gasteiger partial charge on any atom is 0.255 e. The average Bonchev–Trinajstić information content (AvgIpc) is 2.69. The lowest BCUT2D eigenvalue weighted by Crippen LogP contribution is -2.24. The average molecular weight is 310 g/mol. The predicted molar refractivity (Wildman–Crippen MR) is 87.8 cm³/mol. The lowest BCUT2D eigenvalue weighted by molar-refractivity contribution is -0.115. The van der Waals surface area contributed by atoms with E-state index in [9.17, 15) is 9.59 Å². The van der Waals surface area contributed by atoms with Crippen molar-refractivity contribution in [1.82, 2.24) is 5.32 Å². The molecular weight excluding hydrogens is 292 g/mol. The highest BCUT2D eigenvalue weighted by atomic mass is 16.5. The van der Waals surface area contributed by atoms with Crippen LogP contribution in [-0.2, 0) is 11.2 Å². The van der Waals surface area contributed by atoms with Crippen molar-refractivity contribution in [1.29, 1.82) is 0 Å². The van der Waals surface area contributed by atoms with Gasteiger partial charge in [-0.05, 0) is 30.7 Å². The molecule has 0 radical (unpaired) electrons. The van der Waals surface area contributed by atoms with Crippen LogP contribution in [0.3, 0.4) is 0 Å². The van der Waals surface area contributed by atoms with Gasteiger partial charge in [-0.15, -0.1) is 0 Å². The maximum absolute atomic E-state index is 12.2. The van der Waals surface area contributed by atoms with E-state index in [1.54, 1.807) is 18.2 Å². The fraction of sp³-hybridized carbons (Fsp3) is 0.222. The van der Waals surface area contributed by atoms with Crippen molar-refractivity contribution in [3.63, 3.8) is 0 Å². The van der Waals surface area contributed by atoms with Gasteiger partial charge in [-0.2, -0.15) is 0 Å². The van der Waals surface area contributed by atoms with Crippen LogP contribution in [-0.4, -0.2) is 25.0 Å². The van der Waals surface area contributed by atoms with Crippen molar-refractivity contribution in [3.05, 3.63) is 59.2 Å². The molecule has 118 valence electrons. The molecule has 23 heavy (non-hydrogen) atoms. The van der Waals surface area contributed by atoms with Crippen LogP contribution in [0.2, 0.25) is 0 Å².